The van der Waals surface area contributed by atoms with E-state index in [1.165, 1.54) is 5.56 Å². The second-order valence-corrected chi connectivity index (χ2v) is 7.03. The number of nitrogens with zero attached hydrogens (tertiary/aromatic N) is 1. The maximum Gasteiger partial charge on any atom is 0.410 e. The van der Waals surface area contributed by atoms with E-state index in [0.29, 0.717) is 6.61 Å². The molecule has 1 heterocycles. The Morgan fingerprint density at radius 1 is 1.08 bits per heavy atom. The average Bonchev–Trinajstić information content (AvgIpc) is 2.63. The standard InChI is InChI=1S/C20H22BrNO2/c21-19-12-5-4-10-17(19)14-18-11-6-7-13-22(18)20(23)24-15-16-8-2-1-3-9-16/h1-5,8-10,12,18H,6-7,11,13-15H2. The zero-order valence-corrected chi connectivity index (χ0v) is 15.2. The maximum absolute atomic E-state index is 12.5. The second-order valence-electron chi connectivity index (χ2n) is 6.18. The normalized spacial score (nSPS) is 17.5. The number of benzene rings is 2. The first kappa shape index (κ1) is 17.0. The summed E-state index contributed by atoms with van der Waals surface area (Å²) in [5.74, 6) is 0. The SMILES string of the molecule is O=C(OCc1ccccc1)N1CCCCC1Cc1ccccc1Br. The second kappa shape index (κ2) is 8.34. The number of halogens is 1. The van der Waals surface area contributed by atoms with E-state index in [1.54, 1.807) is 0 Å². The number of hydrogen-bond acceptors (Lipinski definition) is 2. The van der Waals surface area contributed by atoms with Gasteiger partial charge >= 0.3 is 6.09 Å². The van der Waals surface area contributed by atoms with Gasteiger partial charge in [-0.1, -0.05) is 64.5 Å². The summed E-state index contributed by atoms with van der Waals surface area (Å²) in [5.41, 5.74) is 2.26. The molecule has 0 aliphatic carbocycles. The van der Waals surface area contributed by atoms with Crippen LogP contribution >= 0.6 is 15.9 Å². The van der Waals surface area contributed by atoms with E-state index >= 15 is 0 Å². The molecule has 4 heteroatoms. The molecule has 24 heavy (non-hydrogen) atoms. The van der Waals surface area contributed by atoms with Crippen molar-refractivity contribution in [1.82, 2.24) is 4.90 Å². The van der Waals surface area contributed by atoms with Gasteiger partial charge in [-0.15, -0.1) is 0 Å². The summed E-state index contributed by atoms with van der Waals surface area (Å²) < 4.78 is 6.65. The molecule has 1 aliphatic heterocycles. The lowest BCUT2D eigenvalue weighted by Crippen LogP contribution is -2.45. The quantitative estimate of drug-likeness (QED) is 0.722. The van der Waals surface area contributed by atoms with E-state index in [0.717, 1.165) is 42.3 Å². The van der Waals surface area contributed by atoms with E-state index in [-0.39, 0.29) is 12.1 Å². The number of likely N-dealkylation sites (tertiary alicyclic amines) is 1. The highest BCUT2D eigenvalue weighted by Crippen LogP contribution is 2.25. The van der Waals surface area contributed by atoms with Crippen molar-refractivity contribution in [2.45, 2.75) is 38.3 Å². The zero-order valence-electron chi connectivity index (χ0n) is 13.7. The molecule has 1 amide bonds. The Bertz CT molecular complexity index is 674. The van der Waals surface area contributed by atoms with Crippen molar-refractivity contribution in [2.75, 3.05) is 6.54 Å². The van der Waals surface area contributed by atoms with Gasteiger partial charge in [0.1, 0.15) is 6.61 Å². The molecule has 0 saturated carbocycles. The van der Waals surface area contributed by atoms with Crippen molar-refractivity contribution in [3.05, 3.63) is 70.2 Å². The van der Waals surface area contributed by atoms with E-state index < -0.39 is 0 Å². The minimum Gasteiger partial charge on any atom is -0.445 e. The molecule has 1 aliphatic rings. The summed E-state index contributed by atoms with van der Waals surface area (Å²) in [6, 6.07) is 18.3. The molecule has 126 valence electrons. The third-order valence-electron chi connectivity index (χ3n) is 4.48. The van der Waals surface area contributed by atoms with Gasteiger partial charge in [-0.25, -0.2) is 4.79 Å². The molecule has 0 bridgehead atoms. The van der Waals surface area contributed by atoms with Crippen molar-refractivity contribution < 1.29 is 9.53 Å². The van der Waals surface area contributed by atoms with Crippen molar-refractivity contribution in [3.8, 4) is 0 Å². The van der Waals surface area contributed by atoms with Gasteiger partial charge < -0.3 is 9.64 Å². The zero-order chi connectivity index (χ0) is 16.8. The first-order chi connectivity index (χ1) is 11.7. The summed E-state index contributed by atoms with van der Waals surface area (Å²) in [6.07, 6.45) is 3.91. The average molecular weight is 388 g/mol. The Labute approximate surface area is 151 Å². The first-order valence-electron chi connectivity index (χ1n) is 8.45. The molecule has 2 aromatic rings. The summed E-state index contributed by atoms with van der Waals surface area (Å²) in [6.45, 7) is 1.11. The smallest absolute Gasteiger partial charge is 0.410 e. The molecule has 3 rings (SSSR count). The lowest BCUT2D eigenvalue weighted by atomic mass is 9.96. The van der Waals surface area contributed by atoms with Crippen LogP contribution in [0.3, 0.4) is 0 Å². The van der Waals surface area contributed by atoms with Crippen LogP contribution in [0.15, 0.2) is 59.1 Å². The number of hydrogen-bond donors (Lipinski definition) is 0. The number of amides is 1. The molecule has 1 fully saturated rings. The summed E-state index contributed by atoms with van der Waals surface area (Å²) in [4.78, 5) is 14.5. The lowest BCUT2D eigenvalue weighted by Gasteiger charge is -2.35. The van der Waals surface area contributed by atoms with Crippen LogP contribution in [0.1, 0.15) is 30.4 Å². The van der Waals surface area contributed by atoms with Crippen molar-refractivity contribution in [2.24, 2.45) is 0 Å². The van der Waals surface area contributed by atoms with Crippen LogP contribution < -0.4 is 0 Å². The predicted molar refractivity (Wildman–Crippen MR) is 98.8 cm³/mol. The van der Waals surface area contributed by atoms with Crippen molar-refractivity contribution in [1.29, 1.82) is 0 Å². The van der Waals surface area contributed by atoms with Crippen LogP contribution in [0.2, 0.25) is 0 Å². The van der Waals surface area contributed by atoms with Gasteiger partial charge in [0.15, 0.2) is 0 Å². The van der Waals surface area contributed by atoms with Crippen LogP contribution in [0.4, 0.5) is 4.79 Å². The van der Waals surface area contributed by atoms with Gasteiger partial charge in [-0.3, -0.25) is 0 Å². The van der Waals surface area contributed by atoms with Crippen LogP contribution in [-0.4, -0.2) is 23.6 Å². The Hall–Kier alpha value is -1.81. The molecule has 0 N–H and O–H groups in total. The molecular formula is C20H22BrNO2. The minimum atomic E-state index is -0.199. The summed E-state index contributed by atoms with van der Waals surface area (Å²) >= 11 is 3.61. The fourth-order valence-corrected chi connectivity index (χ4v) is 3.62. The molecule has 1 atom stereocenters. The van der Waals surface area contributed by atoms with Gasteiger partial charge in [0.2, 0.25) is 0 Å². The highest BCUT2D eigenvalue weighted by atomic mass is 79.9. The van der Waals surface area contributed by atoms with Gasteiger partial charge in [0, 0.05) is 17.1 Å². The van der Waals surface area contributed by atoms with Crippen LogP contribution in [0.25, 0.3) is 0 Å². The Morgan fingerprint density at radius 2 is 1.83 bits per heavy atom. The highest BCUT2D eigenvalue weighted by Gasteiger charge is 2.28. The van der Waals surface area contributed by atoms with E-state index in [2.05, 4.69) is 28.1 Å². The number of carbonyl (C=O) groups is 1. The lowest BCUT2D eigenvalue weighted by molar-refractivity contribution is 0.0681. The number of carbonyl (C=O) groups excluding carboxylic acids is 1. The predicted octanol–water partition coefficient (Wildman–Crippen LogP) is 5.18. The largest absolute Gasteiger partial charge is 0.445 e. The molecule has 1 unspecified atom stereocenters. The van der Waals surface area contributed by atoms with Gasteiger partial charge in [-0.2, -0.15) is 0 Å². The fraction of sp³-hybridized carbons (Fsp3) is 0.350. The van der Waals surface area contributed by atoms with E-state index in [1.807, 2.05) is 47.4 Å². The maximum atomic E-state index is 12.5. The molecular weight excluding hydrogens is 366 g/mol. The molecule has 3 nitrogen and oxygen atoms in total. The van der Waals surface area contributed by atoms with Crippen molar-refractivity contribution >= 4 is 22.0 Å². The van der Waals surface area contributed by atoms with Crippen LogP contribution in [-0.2, 0) is 17.8 Å². The topological polar surface area (TPSA) is 29.5 Å². The van der Waals surface area contributed by atoms with Gasteiger partial charge in [-0.05, 0) is 42.9 Å². The highest BCUT2D eigenvalue weighted by molar-refractivity contribution is 9.10. The Morgan fingerprint density at radius 3 is 2.62 bits per heavy atom. The molecule has 0 spiro atoms. The number of piperidine rings is 1. The Balaban J connectivity index is 1.63. The van der Waals surface area contributed by atoms with Gasteiger partial charge in [0.25, 0.3) is 0 Å². The van der Waals surface area contributed by atoms with Gasteiger partial charge in [0.05, 0.1) is 0 Å². The van der Waals surface area contributed by atoms with E-state index in [9.17, 15) is 4.79 Å². The summed E-state index contributed by atoms with van der Waals surface area (Å²) in [5, 5.41) is 0. The first-order valence-corrected chi connectivity index (χ1v) is 9.24. The van der Waals surface area contributed by atoms with Crippen LogP contribution in [0.5, 0.6) is 0 Å². The fourth-order valence-electron chi connectivity index (χ4n) is 3.17. The summed E-state index contributed by atoms with van der Waals surface area (Å²) in [7, 11) is 0. The Kier molecular flexibility index (Phi) is 5.91. The third-order valence-corrected chi connectivity index (χ3v) is 5.25. The molecule has 2 aromatic carbocycles. The third kappa shape index (κ3) is 4.38. The minimum absolute atomic E-state index is 0.199. The molecule has 0 aromatic heterocycles. The number of rotatable bonds is 4. The molecule has 1 saturated heterocycles. The number of ether oxygens (including phenoxy) is 1. The molecule has 0 radical (unpaired) electrons. The van der Waals surface area contributed by atoms with E-state index in [4.69, 9.17) is 4.74 Å². The van der Waals surface area contributed by atoms with Crippen molar-refractivity contribution in [3.63, 3.8) is 0 Å². The monoisotopic (exact) mass is 387 g/mol. The van der Waals surface area contributed by atoms with Crippen LogP contribution in [0, 0.1) is 0 Å².